The van der Waals surface area contributed by atoms with Crippen molar-refractivity contribution in [1.29, 1.82) is 0 Å². The molecule has 0 saturated carbocycles. The van der Waals surface area contributed by atoms with Gasteiger partial charge in [-0.15, -0.1) is 0 Å². The van der Waals surface area contributed by atoms with Crippen LogP contribution in [0.25, 0.3) is 0 Å². The van der Waals surface area contributed by atoms with Crippen LogP contribution in [-0.2, 0) is 9.53 Å². The molecule has 1 rings (SSSR count). The number of methoxy groups -OCH3 is 1. The molecule has 1 aromatic carbocycles. The lowest BCUT2D eigenvalue weighted by molar-refractivity contribution is -0.119. The average molecular weight is 250 g/mol. The number of carbonyl (C=O) groups excluding carboxylic acids is 2. The highest BCUT2D eigenvalue weighted by molar-refractivity contribution is 5.93. The van der Waals surface area contributed by atoms with E-state index in [1.807, 2.05) is 6.92 Å². The third-order valence-electron chi connectivity index (χ3n) is 2.62. The van der Waals surface area contributed by atoms with E-state index < -0.39 is 5.97 Å². The monoisotopic (exact) mass is 250 g/mol. The minimum Gasteiger partial charge on any atom is -0.465 e. The number of hydrogen-bond acceptors (Lipinski definition) is 4. The van der Waals surface area contributed by atoms with E-state index >= 15 is 0 Å². The van der Waals surface area contributed by atoms with Crippen LogP contribution in [0.15, 0.2) is 24.3 Å². The van der Waals surface area contributed by atoms with E-state index in [0.717, 1.165) is 0 Å². The lowest BCUT2D eigenvalue weighted by Crippen LogP contribution is -2.22. The quantitative estimate of drug-likeness (QED) is 0.774. The normalized spacial score (nSPS) is 11.7. The Morgan fingerprint density at radius 2 is 1.94 bits per heavy atom. The molecule has 0 fully saturated rings. The number of nitrogens with one attached hydrogen (secondary N) is 1. The van der Waals surface area contributed by atoms with E-state index in [-0.39, 0.29) is 11.8 Å². The second-order valence-electron chi connectivity index (χ2n) is 4.04. The van der Waals surface area contributed by atoms with Crippen LogP contribution in [0.4, 0.5) is 5.69 Å². The fourth-order valence-electron chi connectivity index (χ4n) is 1.45. The number of nitrogens with two attached hydrogens (primary N) is 1. The number of esters is 1. The zero-order valence-electron chi connectivity index (χ0n) is 10.6. The van der Waals surface area contributed by atoms with Crippen molar-refractivity contribution in [2.75, 3.05) is 19.0 Å². The summed E-state index contributed by atoms with van der Waals surface area (Å²) in [6.07, 6.45) is 0.645. The molecule has 1 aromatic rings. The molecule has 1 unspecified atom stereocenters. The third-order valence-corrected chi connectivity index (χ3v) is 2.62. The molecule has 0 aromatic heterocycles. The van der Waals surface area contributed by atoms with E-state index in [4.69, 9.17) is 5.73 Å². The summed E-state index contributed by atoms with van der Waals surface area (Å²) in [5.41, 5.74) is 6.50. The molecular formula is C13H18N2O3. The van der Waals surface area contributed by atoms with Gasteiger partial charge in [-0.1, -0.05) is 6.92 Å². The Hall–Kier alpha value is -1.88. The van der Waals surface area contributed by atoms with Gasteiger partial charge in [0.15, 0.2) is 0 Å². The van der Waals surface area contributed by atoms with Gasteiger partial charge in [0.05, 0.1) is 12.7 Å². The molecule has 0 aliphatic heterocycles. The second kappa shape index (κ2) is 6.76. The summed E-state index contributed by atoms with van der Waals surface area (Å²) in [4.78, 5) is 22.9. The summed E-state index contributed by atoms with van der Waals surface area (Å²) in [5.74, 6) is -0.606. The van der Waals surface area contributed by atoms with Gasteiger partial charge in [-0.2, -0.15) is 0 Å². The van der Waals surface area contributed by atoms with E-state index in [1.165, 1.54) is 7.11 Å². The number of rotatable bonds is 5. The van der Waals surface area contributed by atoms with Crippen molar-refractivity contribution >= 4 is 17.6 Å². The Labute approximate surface area is 106 Å². The molecule has 1 amide bonds. The van der Waals surface area contributed by atoms with Crippen LogP contribution in [-0.4, -0.2) is 25.5 Å². The van der Waals surface area contributed by atoms with Gasteiger partial charge in [0.2, 0.25) is 5.91 Å². The van der Waals surface area contributed by atoms with E-state index in [9.17, 15) is 9.59 Å². The van der Waals surface area contributed by atoms with Crippen LogP contribution in [0.5, 0.6) is 0 Å². The van der Waals surface area contributed by atoms with Gasteiger partial charge in [0, 0.05) is 11.6 Å². The summed E-state index contributed by atoms with van der Waals surface area (Å²) in [6, 6.07) is 6.54. The van der Waals surface area contributed by atoms with Crippen LogP contribution in [0, 0.1) is 5.92 Å². The largest absolute Gasteiger partial charge is 0.465 e. The van der Waals surface area contributed by atoms with Crippen molar-refractivity contribution in [3.63, 3.8) is 0 Å². The number of hydrogen-bond donors (Lipinski definition) is 2. The molecule has 0 spiro atoms. The summed E-state index contributed by atoms with van der Waals surface area (Å²) in [7, 11) is 1.33. The van der Waals surface area contributed by atoms with Crippen molar-refractivity contribution < 1.29 is 14.3 Å². The van der Waals surface area contributed by atoms with Gasteiger partial charge in [0.25, 0.3) is 0 Å². The Kier molecular flexibility index (Phi) is 5.32. The summed E-state index contributed by atoms with van der Waals surface area (Å²) in [6.45, 7) is 2.31. The molecule has 1 atom stereocenters. The molecule has 5 nitrogen and oxygen atoms in total. The minimum atomic E-state index is -0.399. The molecule has 0 aliphatic rings. The van der Waals surface area contributed by atoms with Crippen molar-refractivity contribution in [3.8, 4) is 0 Å². The molecule has 0 bridgehead atoms. The second-order valence-corrected chi connectivity index (χ2v) is 4.04. The third kappa shape index (κ3) is 3.85. The zero-order valence-corrected chi connectivity index (χ0v) is 10.6. The van der Waals surface area contributed by atoms with Crippen LogP contribution >= 0.6 is 0 Å². The van der Waals surface area contributed by atoms with E-state index in [0.29, 0.717) is 24.2 Å². The van der Waals surface area contributed by atoms with Crippen molar-refractivity contribution in [1.82, 2.24) is 0 Å². The number of carbonyl (C=O) groups is 2. The number of benzene rings is 1. The van der Waals surface area contributed by atoms with Crippen molar-refractivity contribution in [2.24, 2.45) is 11.7 Å². The Morgan fingerprint density at radius 1 is 1.33 bits per heavy atom. The lowest BCUT2D eigenvalue weighted by atomic mass is 10.1. The first-order valence-corrected chi connectivity index (χ1v) is 5.77. The van der Waals surface area contributed by atoms with Gasteiger partial charge in [-0.25, -0.2) is 4.79 Å². The first-order valence-electron chi connectivity index (χ1n) is 5.77. The molecule has 5 heteroatoms. The van der Waals surface area contributed by atoms with Crippen LogP contribution in [0.2, 0.25) is 0 Å². The van der Waals surface area contributed by atoms with Gasteiger partial charge in [-0.05, 0) is 37.2 Å². The van der Waals surface area contributed by atoms with Gasteiger partial charge >= 0.3 is 5.97 Å². The van der Waals surface area contributed by atoms with Gasteiger partial charge < -0.3 is 15.8 Å². The minimum absolute atomic E-state index is 0.0775. The van der Waals surface area contributed by atoms with Crippen molar-refractivity contribution in [3.05, 3.63) is 29.8 Å². The fourth-order valence-corrected chi connectivity index (χ4v) is 1.45. The maximum absolute atomic E-state index is 11.7. The first kappa shape index (κ1) is 14.2. The molecular weight excluding hydrogens is 232 g/mol. The predicted molar refractivity (Wildman–Crippen MR) is 69.2 cm³/mol. The highest BCUT2D eigenvalue weighted by Gasteiger charge is 2.12. The summed E-state index contributed by atoms with van der Waals surface area (Å²) >= 11 is 0. The standard InChI is InChI=1S/C13H18N2O3/c1-9(7-8-14)12(16)15-11-5-3-10(4-6-11)13(17)18-2/h3-6,9H,7-8,14H2,1-2H3,(H,15,16). The van der Waals surface area contributed by atoms with Gasteiger partial charge in [0.1, 0.15) is 0 Å². The number of anilines is 1. The lowest BCUT2D eigenvalue weighted by Gasteiger charge is -2.11. The van der Waals surface area contributed by atoms with Crippen LogP contribution < -0.4 is 11.1 Å². The maximum Gasteiger partial charge on any atom is 0.337 e. The Bertz CT molecular complexity index is 415. The first-order chi connectivity index (χ1) is 8.58. The SMILES string of the molecule is COC(=O)c1ccc(NC(=O)C(C)CCN)cc1. The molecule has 0 radical (unpaired) electrons. The van der Waals surface area contributed by atoms with Gasteiger partial charge in [-0.3, -0.25) is 4.79 Å². The zero-order chi connectivity index (χ0) is 13.5. The highest BCUT2D eigenvalue weighted by Crippen LogP contribution is 2.12. The fraction of sp³-hybridized carbons (Fsp3) is 0.385. The molecule has 0 aliphatic carbocycles. The summed E-state index contributed by atoms with van der Waals surface area (Å²) < 4.78 is 4.59. The molecule has 0 heterocycles. The predicted octanol–water partition coefficient (Wildman–Crippen LogP) is 1.40. The molecule has 3 N–H and O–H groups in total. The van der Waals surface area contributed by atoms with E-state index in [1.54, 1.807) is 24.3 Å². The highest BCUT2D eigenvalue weighted by atomic mass is 16.5. The Balaban J connectivity index is 2.63. The molecule has 0 saturated heterocycles. The van der Waals surface area contributed by atoms with Crippen LogP contribution in [0.1, 0.15) is 23.7 Å². The Morgan fingerprint density at radius 3 is 2.44 bits per heavy atom. The average Bonchev–Trinajstić information content (AvgIpc) is 2.39. The van der Waals surface area contributed by atoms with Crippen LogP contribution in [0.3, 0.4) is 0 Å². The molecule has 98 valence electrons. The molecule has 18 heavy (non-hydrogen) atoms. The smallest absolute Gasteiger partial charge is 0.337 e. The maximum atomic E-state index is 11.7. The van der Waals surface area contributed by atoms with E-state index in [2.05, 4.69) is 10.1 Å². The number of ether oxygens (including phenoxy) is 1. The summed E-state index contributed by atoms with van der Waals surface area (Å²) in [5, 5.41) is 2.76. The van der Waals surface area contributed by atoms with Crippen molar-refractivity contribution in [2.45, 2.75) is 13.3 Å². The number of amides is 1. The topological polar surface area (TPSA) is 81.4 Å².